The van der Waals surface area contributed by atoms with E-state index in [2.05, 4.69) is 80.0 Å². The van der Waals surface area contributed by atoms with Crippen LogP contribution < -0.4 is 5.19 Å². The number of benzene rings is 2. The van der Waals surface area contributed by atoms with Gasteiger partial charge in [-0.05, 0) is 48.5 Å². The molecular weight excluding hydrogens is 699 g/mol. The Morgan fingerprint density at radius 2 is 1.61 bits per heavy atom. The van der Waals surface area contributed by atoms with Gasteiger partial charge in [0.05, 0.1) is 19.4 Å². The summed E-state index contributed by atoms with van der Waals surface area (Å²) in [6, 6.07) is 28.6. The van der Waals surface area contributed by atoms with Crippen molar-refractivity contribution in [2.75, 3.05) is 0 Å². The Labute approximate surface area is 257 Å². The molecule has 41 heavy (non-hydrogen) atoms. The normalized spacial score (nSPS) is 11.3. The van der Waals surface area contributed by atoms with Gasteiger partial charge < -0.3 is 14.4 Å². The number of pyridine rings is 3. The second-order valence-electron chi connectivity index (χ2n) is 11.5. The van der Waals surface area contributed by atoms with Crippen molar-refractivity contribution in [3.05, 3.63) is 108 Å². The molecule has 0 saturated carbocycles. The summed E-state index contributed by atoms with van der Waals surface area (Å²) in [5.41, 5.74) is 9.03. The second kappa shape index (κ2) is 12.6. The number of hydrogen-bond donors (Lipinski definition) is 0. The molecule has 211 valence electrons. The first-order valence-electron chi connectivity index (χ1n) is 13.7. The molecule has 0 atom stereocenters. The largest absolute Gasteiger partial charge is 0.499 e. The summed E-state index contributed by atoms with van der Waals surface area (Å²) in [6.07, 6.45) is 3.89. The minimum atomic E-state index is -1.44. The van der Waals surface area contributed by atoms with E-state index in [1.807, 2.05) is 62.4 Å². The van der Waals surface area contributed by atoms with Crippen molar-refractivity contribution in [2.45, 2.75) is 53.3 Å². The number of aromatic nitrogens is 3. The first kappa shape index (κ1) is 30.5. The molecule has 4 aromatic heterocycles. The van der Waals surface area contributed by atoms with E-state index < -0.39 is 8.07 Å². The number of fused-ring (bicyclic) bond motifs is 3. The summed E-state index contributed by atoms with van der Waals surface area (Å²) in [5.74, 6) is 0.471. The van der Waals surface area contributed by atoms with Crippen molar-refractivity contribution in [2.24, 2.45) is 0 Å². The van der Waals surface area contributed by atoms with Crippen molar-refractivity contribution in [3.8, 4) is 22.5 Å². The van der Waals surface area contributed by atoms with Crippen LogP contribution in [0.15, 0.2) is 83.5 Å². The van der Waals surface area contributed by atoms with Gasteiger partial charge in [-0.1, -0.05) is 62.6 Å². The molecular formula is C35H35IrN3OSi-2. The molecule has 0 aliphatic carbocycles. The monoisotopic (exact) mass is 734 g/mol. The molecule has 6 rings (SSSR count). The fourth-order valence-electron chi connectivity index (χ4n) is 4.97. The van der Waals surface area contributed by atoms with E-state index in [0.29, 0.717) is 5.92 Å². The van der Waals surface area contributed by atoms with E-state index in [9.17, 15) is 0 Å². The Balaban J connectivity index is 0.000000249. The predicted octanol–water partition coefficient (Wildman–Crippen LogP) is 8.67. The third-order valence-corrected chi connectivity index (χ3v) is 9.01. The summed E-state index contributed by atoms with van der Waals surface area (Å²) in [4.78, 5) is 13.6. The minimum Gasteiger partial charge on any atom is -0.499 e. The number of furan rings is 1. The van der Waals surface area contributed by atoms with Crippen molar-refractivity contribution < 1.29 is 24.5 Å². The van der Waals surface area contributed by atoms with Crippen LogP contribution in [0.3, 0.4) is 0 Å². The summed E-state index contributed by atoms with van der Waals surface area (Å²) < 4.78 is 6.05. The third kappa shape index (κ3) is 6.73. The van der Waals surface area contributed by atoms with Crippen LogP contribution in [0.1, 0.15) is 36.7 Å². The maximum Gasteiger partial charge on any atom is 0.142 e. The van der Waals surface area contributed by atoms with Gasteiger partial charge in [-0.3, -0.25) is 4.98 Å². The van der Waals surface area contributed by atoms with Crippen LogP contribution in [-0.2, 0) is 20.1 Å². The van der Waals surface area contributed by atoms with Gasteiger partial charge in [0, 0.05) is 43.6 Å². The fourth-order valence-corrected chi connectivity index (χ4v) is 6.65. The van der Waals surface area contributed by atoms with Gasteiger partial charge in [-0.25, -0.2) is 0 Å². The van der Waals surface area contributed by atoms with Crippen LogP contribution in [0, 0.1) is 26.0 Å². The van der Waals surface area contributed by atoms with E-state index in [1.165, 1.54) is 10.8 Å². The van der Waals surface area contributed by atoms with E-state index in [0.717, 1.165) is 55.8 Å². The molecule has 4 heterocycles. The van der Waals surface area contributed by atoms with Gasteiger partial charge in [0.15, 0.2) is 0 Å². The summed E-state index contributed by atoms with van der Waals surface area (Å²) >= 11 is 0. The van der Waals surface area contributed by atoms with Crippen molar-refractivity contribution in [1.82, 2.24) is 15.0 Å². The minimum absolute atomic E-state index is 0. The van der Waals surface area contributed by atoms with Crippen molar-refractivity contribution in [1.29, 1.82) is 0 Å². The molecule has 0 amide bonds. The first-order valence-corrected chi connectivity index (χ1v) is 17.2. The predicted molar refractivity (Wildman–Crippen MR) is 169 cm³/mol. The first-order chi connectivity index (χ1) is 19.1. The van der Waals surface area contributed by atoms with Crippen molar-refractivity contribution >= 4 is 35.2 Å². The maximum atomic E-state index is 6.05. The van der Waals surface area contributed by atoms with Crippen LogP contribution in [0.5, 0.6) is 0 Å². The average Bonchev–Trinajstić information content (AvgIpc) is 3.32. The zero-order valence-electron chi connectivity index (χ0n) is 24.7. The number of aryl methyl sites for hydroxylation is 2. The van der Waals surface area contributed by atoms with E-state index in [4.69, 9.17) is 9.40 Å². The van der Waals surface area contributed by atoms with Gasteiger partial charge in [-0.15, -0.1) is 59.7 Å². The van der Waals surface area contributed by atoms with Crippen LogP contribution in [0.4, 0.5) is 0 Å². The Morgan fingerprint density at radius 1 is 0.829 bits per heavy atom. The van der Waals surface area contributed by atoms with Crippen LogP contribution >= 0.6 is 0 Å². The smallest absolute Gasteiger partial charge is 0.142 e. The van der Waals surface area contributed by atoms with Crippen LogP contribution in [0.2, 0.25) is 19.6 Å². The standard InChI is InChI=1S/C24H27N2OSi.C11H8N.Ir/c1-14(2)18-12-21(25-13-23(18)28(5,6)7)17-8-9-22-19(11-17)20-10-15(3)26-16(4)24(20)27-22;1-2-6-10(7-3-1)11-8-4-5-9-12-11;/h9-14H,1-7H3;1-6,8-9H;/q2*-1;. The molecule has 4 nitrogen and oxygen atoms in total. The summed E-state index contributed by atoms with van der Waals surface area (Å²) in [7, 11) is -1.44. The Kier molecular flexibility index (Phi) is 9.38. The molecule has 0 bridgehead atoms. The molecule has 0 N–H and O–H groups in total. The Morgan fingerprint density at radius 3 is 2.27 bits per heavy atom. The molecule has 6 aromatic rings. The van der Waals surface area contributed by atoms with E-state index in [1.54, 1.807) is 6.20 Å². The number of hydrogen-bond acceptors (Lipinski definition) is 4. The molecule has 1 radical (unpaired) electrons. The van der Waals surface area contributed by atoms with Gasteiger partial charge >= 0.3 is 0 Å². The molecule has 0 unspecified atom stereocenters. The molecule has 0 saturated heterocycles. The molecule has 2 aromatic carbocycles. The quantitative estimate of drug-likeness (QED) is 0.135. The zero-order valence-corrected chi connectivity index (χ0v) is 28.1. The maximum absolute atomic E-state index is 6.05. The third-order valence-electron chi connectivity index (χ3n) is 6.98. The summed E-state index contributed by atoms with van der Waals surface area (Å²) in [5, 5.41) is 3.65. The van der Waals surface area contributed by atoms with E-state index in [-0.39, 0.29) is 20.1 Å². The topological polar surface area (TPSA) is 51.8 Å². The molecule has 0 spiro atoms. The van der Waals surface area contributed by atoms with Gasteiger partial charge in [0.2, 0.25) is 0 Å². The van der Waals surface area contributed by atoms with Crippen LogP contribution in [-0.4, -0.2) is 23.0 Å². The Hall–Kier alpha value is -3.44. The summed E-state index contributed by atoms with van der Waals surface area (Å²) in [6.45, 7) is 15.7. The van der Waals surface area contributed by atoms with Gasteiger partial charge in [0.1, 0.15) is 5.58 Å². The zero-order chi connectivity index (χ0) is 28.4. The van der Waals surface area contributed by atoms with Crippen molar-refractivity contribution in [3.63, 3.8) is 0 Å². The SMILES string of the molecule is Cc1cc2c(oc3c[c-]c(-c4cc(C(C)C)c([Si](C)(C)C)cn4)cc32)c(C)n1.[Ir].[c-]1ccccc1-c1ccccn1. The number of rotatable bonds is 4. The van der Waals surface area contributed by atoms with E-state index >= 15 is 0 Å². The van der Waals surface area contributed by atoms with Gasteiger partial charge in [-0.2, -0.15) is 0 Å². The van der Waals surface area contributed by atoms with Crippen LogP contribution in [0.25, 0.3) is 44.5 Å². The average molecular weight is 734 g/mol. The second-order valence-corrected chi connectivity index (χ2v) is 16.5. The fraction of sp³-hybridized carbons (Fsp3) is 0.229. The van der Waals surface area contributed by atoms with Gasteiger partial charge in [0.25, 0.3) is 0 Å². The molecule has 0 aliphatic rings. The molecule has 0 fully saturated rings. The molecule has 0 aliphatic heterocycles. The number of nitrogens with zero attached hydrogens (tertiary/aromatic N) is 3. The molecule has 6 heteroatoms. The Bertz CT molecular complexity index is 1740.